The Labute approximate surface area is 184 Å². The van der Waals surface area contributed by atoms with Gasteiger partial charge in [-0.2, -0.15) is 0 Å². The number of carbonyl (C=O) groups excluding carboxylic acids is 2. The van der Waals surface area contributed by atoms with E-state index < -0.39 is 12.1 Å². The van der Waals surface area contributed by atoms with E-state index >= 15 is 0 Å². The van der Waals surface area contributed by atoms with Gasteiger partial charge in [-0.25, -0.2) is 0 Å². The zero-order valence-electron chi connectivity index (χ0n) is 18.4. The summed E-state index contributed by atoms with van der Waals surface area (Å²) in [7, 11) is 0. The fourth-order valence-electron chi connectivity index (χ4n) is 3.64. The predicted molar refractivity (Wildman–Crippen MR) is 124 cm³/mol. The van der Waals surface area contributed by atoms with Crippen LogP contribution in [0.2, 0.25) is 0 Å². The number of amides is 1. The van der Waals surface area contributed by atoms with Crippen molar-refractivity contribution in [1.82, 2.24) is 10.2 Å². The third-order valence-corrected chi connectivity index (χ3v) is 6.73. The van der Waals surface area contributed by atoms with Crippen LogP contribution in [0, 0.1) is 0 Å². The van der Waals surface area contributed by atoms with Gasteiger partial charge in [0.05, 0.1) is 11.6 Å². The third-order valence-electron chi connectivity index (χ3n) is 5.53. The highest BCUT2D eigenvalue weighted by atomic mass is 32.2. The molecule has 1 aromatic carbocycles. The minimum absolute atomic E-state index is 0.0213. The SMILES string of the molecule is CCCCNC(=O)C1=CN(Cc2ccc(C(C)(C)C)cc2)C2C(=O)[C@@H](N)CSC2=C1. The van der Waals surface area contributed by atoms with Gasteiger partial charge in [0.15, 0.2) is 5.78 Å². The van der Waals surface area contributed by atoms with E-state index in [4.69, 9.17) is 5.73 Å². The van der Waals surface area contributed by atoms with E-state index in [0.717, 1.165) is 23.3 Å². The summed E-state index contributed by atoms with van der Waals surface area (Å²) in [5, 5.41) is 2.98. The first-order valence-corrected chi connectivity index (χ1v) is 11.7. The Morgan fingerprint density at radius 1 is 1.27 bits per heavy atom. The Kier molecular flexibility index (Phi) is 7.09. The molecule has 0 aliphatic carbocycles. The molecule has 2 heterocycles. The summed E-state index contributed by atoms with van der Waals surface area (Å²) in [5.41, 5.74) is 9.11. The lowest BCUT2D eigenvalue weighted by Gasteiger charge is -2.39. The second-order valence-corrected chi connectivity index (χ2v) is 10.2. The van der Waals surface area contributed by atoms with Crippen LogP contribution in [0.1, 0.15) is 51.7 Å². The van der Waals surface area contributed by atoms with Crippen molar-refractivity contribution in [2.45, 2.75) is 64.6 Å². The summed E-state index contributed by atoms with van der Waals surface area (Å²) in [6, 6.07) is 7.61. The zero-order valence-corrected chi connectivity index (χ0v) is 19.2. The van der Waals surface area contributed by atoms with Crippen LogP contribution in [0.15, 0.2) is 47.0 Å². The maximum absolute atomic E-state index is 12.9. The van der Waals surface area contributed by atoms with Crippen LogP contribution in [0.25, 0.3) is 0 Å². The van der Waals surface area contributed by atoms with Gasteiger partial charge < -0.3 is 16.0 Å². The molecule has 5 nitrogen and oxygen atoms in total. The Morgan fingerprint density at radius 3 is 2.60 bits per heavy atom. The molecule has 1 unspecified atom stereocenters. The first-order valence-electron chi connectivity index (χ1n) is 10.7. The number of nitrogens with one attached hydrogen (secondary N) is 1. The molecule has 1 fully saturated rings. The van der Waals surface area contributed by atoms with Gasteiger partial charge in [-0.1, -0.05) is 58.4 Å². The van der Waals surface area contributed by atoms with Crippen molar-refractivity contribution in [2.24, 2.45) is 5.73 Å². The number of Topliss-reactive ketones (excluding diaryl/α,β-unsaturated/α-hetero) is 1. The lowest BCUT2D eigenvalue weighted by atomic mass is 9.86. The molecular weight excluding hydrogens is 394 g/mol. The molecule has 2 atom stereocenters. The standard InChI is InChI=1S/C24H33N3O2S/c1-5-6-11-26-23(29)17-12-20-21(22(28)19(25)15-30-20)27(14-17)13-16-7-9-18(10-8-16)24(2,3)4/h7-10,12,14,19,21H,5-6,11,13,15,25H2,1-4H3,(H,26,29)/t19-,21?/m0/s1. The number of hydrogen-bond acceptors (Lipinski definition) is 5. The molecular formula is C24H33N3O2S. The molecule has 6 heteroatoms. The Bertz CT molecular complexity index is 852. The van der Waals surface area contributed by atoms with Gasteiger partial charge in [0.25, 0.3) is 5.91 Å². The molecule has 0 radical (unpaired) electrons. The largest absolute Gasteiger partial charge is 0.358 e. The van der Waals surface area contributed by atoms with Crippen LogP contribution in [0.4, 0.5) is 0 Å². The highest BCUT2D eigenvalue weighted by Crippen LogP contribution is 2.36. The molecule has 3 N–H and O–H groups in total. The highest BCUT2D eigenvalue weighted by molar-refractivity contribution is 8.03. The smallest absolute Gasteiger partial charge is 0.252 e. The van der Waals surface area contributed by atoms with E-state index in [9.17, 15) is 9.59 Å². The summed E-state index contributed by atoms with van der Waals surface area (Å²) >= 11 is 1.58. The number of unbranched alkanes of at least 4 members (excludes halogenated alkanes) is 1. The number of benzene rings is 1. The zero-order chi connectivity index (χ0) is 21.9. The van der Waals surface area contributed by atoms with Crippen LogP contribution in [0.5, 0.6) is 0 Å². The minimum Gasteiger partial charge on any atom is -0.358 e. The lowest BCUT2D eigenvalue weighted by Crippen LogP contribution is -2.52. The van der Waals surface area contributed by atoms with Crippen molar-refractivity contribution in [3.05, 3.63) is 58.1 Å². The number of thioether (sulfide) groups is 1. The molecule has 0 bridgehead atoms. The minimum atomic E-state index is -0.476. The van der Waals surface area contributed by atoms with E-state index in [1.54, 1.807) is 11.8 Å². The average Bonchev–Trinajstić information content (AvgIpc) is 2.70. The second kappa shape index (κ2) is 9.40. The number of nitrogens with two attached hydrogens (primary N) is 1. The summed E-state index contributed by atoms with van der Waals surface area (Å²) in [5.74, 6) is 0.485. The summed E-state index contributed by atoms with van der Waals surface area (Å²) < 4.78 is 0. The first kappa shape index (κ1) is 22.6. The first-order chi connectivity index (χ1) is 14.2. The number of fused-ring (bicyclic) bond motifs is 1. The topological polar surface area (TPSA) is 75.4 Å². The normalized spacial score (nSPS) is 21.6. The number of hydrogen-bond donors (Lipinski definition) is 2. The Morgan fingerprint density at radius 2 is 1.97 bits per heavy atom. The van der Waals surface area contributed by atoms with E-state index in [1.165, 1.54) is 5.56 Å². The van der Waals surface area contributed by atoms with Crippen molar-refractivity contribution in [3.63, 3.8) is 0 Å². The van der Waals surface area contributed by atoms with Crippen molar-refractivity contribution in [3.8, 4) is 0 Å². The van der Waals surface area contributed by atoms with Gasteiger partial charge in [0, 0.05) is 29.9 Å². The molecule has 2 aliphatic rings. The molecule has 1 aromatic rings. The second-order valence-electron chi connectivity index (χ2n) is 9.08. The molecule has 30 heavy (non-hydrogen) atoms. The molecule has 1 amide bonds. The molecule has 0 aromatic heterocycles. The van der Waals surface area contributed by atoms with E-state index in [0.29, 0.717) is 24.4 Å². The van der Waals surface area contributed by atoms with Crippen molar-refractivity contribution < 1.29 is 9.59 Å². The van der Waals surface area contributed by atoms with E-state index in [-0.39, 0.29) is 17.1 Å². The maximum Gasteiger partial charge on any atom is 0.252 e. The summed E-state index contributed by atoms with van der Waals surface area (Å²) in [6.45, 7) is 9.88. The van der Waals surface area contributed by atoms with Crippen molar-refractivity contribution in [1.29, 1.82) is 0 Å². The van der Waals surface area contributed by atoms with Gasteiger partial charge >= 0.3 is 0 Å². The van der Waals surface area contributed by atoms with Crippen LogP contribution < -0.4 is 11.1 Å². The number of ketones is 1. The van der Waals surface area contributed by atoms with Crippen molar-refractivity contribution >= 4 is 23.5 Å². The number of carbonyl (C=O) groups is 2. The number of nitrogens with zero attached hydrogens (tertiary/aromatic N) is 1. The summed E-state index contributed by atoms with van der Waals surface area (Å²) in [4.78, 5) is 28.4. The number of rotatable bonds is 6. The molecule has 162 valence electrons. The van der Waals surface area contributed by atoms with Gasteiger partial charge in [-0.3, -0.25) is 9.59 Å². The molecule has 2 aliphatic heterocycles. The van der Waals surface area contributed by atoms with Crippen LogP contribution >= 0.6 is 11.8 Å². The summed E-state index contributed by atoms with van der Waals surface area (Å²) in [6.07, 6.45) is 5.66. The lowest BCUT2D eigenvalue weighted by molar-refractivity contribution is -0.123. The fourth-order valence-corrected chi connectivity index (χ4v) is 4.80. The predicted octanol–water partition coefficient (Wildman–Crippen LogP) is 3.50. The van der Waals surface area contributed by atoms with Crippen LogP contribution in [0.3, 0.4) is 0 Å². The van der Waals surface area contributed by atoms with Crippen molar-refractivity contribution in [2.75, 3.05) is 12.3 Å². The molecule has 0 saturated carbocycles. The average molecular weight is 428 g/mol. The monoisotopic (exact) mass is 427 g/mol. The highest BCUT2D eigenvalue weighted by Gasteiger charge is 2.39. The van der Waals surface area contributed by atoms with Gasteiger partial charge in [-0.05, 0) is 29.0 Å². The van der Waals surface area contributed by atoms with Crippen LogP contribution in [-0.4, -0.2) is 41.0 Å². The molecule has 0 spiro atoms. The molecule has 3 rings (SSSR count). The maximum atomic E-state index is 12.9. The molecule has 1 saturated heterocycles. The van der Waals surface area contributed by atoms with Crippen LogP contribution in [-0.2, 0) is 21.5 Å². The fraction of sp³-hybridized carbons (Fsp3) is 0.500. The third kappa shape index (κ3) is 5.16. The quantitative estimate of drug-likeness (QED) is 0.680. The van der Waals surface area contributed by atoms with Gasteiger partial charge in [-0.15, -0.1) is 11.8 Å². The van der Waals surface area contributed by atoms with Gasteiger partial charge in [0.1, 0.15) is 6.04 Å². The van der Waals surface area contributed by atoms with E-state index in [2.05, 4.69) is 57.3 Å². The Hall–Kier alpha value is -2.05. The van der Waals surface area contributed by atoms with E-state index in [1.807, 2.05) is 17.2 Å². The Balaban J connectivity index is 1.85. The van der Waals surface area contributed by atoms with Gasteiger partial charge in [0.2, 0.25) is 0 Å².